The standard InChI is InChI=1S/C36H58N2O6/c1-33(2)17-28(18-34(3,4)37-33)43-30(39)27-14-13-25-15-23(11-12-26(25)16-27)9-10-24-21-41-32(42-22-24)31(40)44-29-19-35(5,6)38-36(7,8)20-29/h23-29,32,37-38H,11-22H2,1-8H3. The van der Waals surface area contributed by atoms with Crippen molar-refractivity contribution >= 4 is 11.9 Å². The lowest BCUT2D eigenvalue weighted by molar-refractivity contribution is -0.222. The van der Waals surface area contributed by atoms with E-state index in [-0.39, 0.29) is 52.2 Å². The molecule has 5 fully saturated rings. The maximum atomic E-state index is 13.2. The summed E-state index contributed by atoms with van der Waals surface area (Å²) in [6, 6.07) is 0. The third-order valence-corrected chi connectivity index (χ3v) is 10.4. The van der Waals surface area contributed by atoms with Gasteiger partial charge in [-0.3, -0.25) is 4.79 Å². The Kier molecular flexibility index (Phi) is 9.84. The van der Waals surface area contributed by atoms with Crippen molar-refractivity contribution in [3.8, 4) is 11.8 Å². The van der Waals surface area contributed by atoms with E-state index in [1.807, 2.05) is 0 Å². The van der Waals surface area contributed by atoms with E-state index in [0.29, 0.717) is 31.0 Å². The molecule has 2 saturated carbocycles. The lowest BCUT2D eigenvalue weighted by atomic mass is 9.65. The molecule has 44 heavy (non-hydrogen) atoms. The Bertz CT molecular complexity index is 1080. The summed E-state index contributed by atoms with van der Waals surface area (Å²) in [7, 11) is 0. The Labute approximate surface area is 265 Å². The van der Waals surface area contributed by atoms with Gasteiger partial charge in [-0.2, -0.15) is 0 Å². The fourth-order valence-corrected chi connectivity index (χ4v) is 9.30. The van der Waals surface area contributed by atoms with Crippen molar-refractivity contribution in [2.24, 2.45) is 29.6 Å². The van der Waals surface area contributed by atoms with Gasteiger partial charge in [-0.15, -0.1) is 0 Å². The number of carbonyl (C=O) groups excluding carboxylic acids is 2. The normalized spacial score (nSPS) is 36.6. The Morgan fingerprint density at radius 2 is 1.07 bits per heavy atom. The van der Waals surface area contributed by atoms with Crippen molar-refractivity contribution in [3.05, 3.63) is 0 Å². The highest BCUT2D eigenvalue weighted by molar-refractivity contribution is 5.73. The van der Waals surface area contributed by atoms with Gasteiger partial charge in [0.25, 0.3) is 6.29 Å². The number of nitrogens with one attached hydrogen (secondary N) is 2. The lowest BCUT2D eigenvalue weighted by Gasteiger charge is -2.46. The average molecular weight is 615 g/mol. The van der Waals surface area contributed by atoms with Crippen LogP contribution in [0.15, 0.2) is 0 Å². The minimum atomic E-state index is -0.973. The first kappa shape index (κ1) is 33.7. The monoisotopic (exact) mass is 614 g/mol. The van der Waals surface area contributed by atoms with Crippen molar-refractivity contribution < 1.29 is 28.5 Å². The molecule has 0 aromatic carbocycles. The van der Waals surface area contributed by atoms with Gasteiger partial charge < -0.3 is 29.6 Å². The molecular formula is C36H58N2O6. The molecule has 3 saturated heterocycles. The third kappa shape index (κ3) is 8.99. The summed E-state index contributed by atoms with van der Waals surface area (Å²) >= 11 is 0. The first-order valence-electron chi connectivity index (χ1n) is 17.2. The molecule has 8 heteroatoms. The van der Waals surface area contributed by atoms with Crippen LogP contribution in [-0.4, -0.2) is 65.8 Å². The van der Waals surface area contributed by atoms with Crippen LogP contribution in [0, 0.1) is 41.4 Å². The second-order valence-corrected chi connectivity index (χ2v) is 17.2. The number of piperidine rings is 2. The van der Waals surface area contributed by atoms with Gasteiger partial charge in [0.1, 0.15) is 12.2 Å². The summed E-state index contributed by atoms with van der Waals surface area (Å²) in [5.41, 5.74) is -0.272. The molecule has 2 aliphatic carbocycles. The summed E-state index contributed by atoms with van der Waals surface area (Å²) < 4.78 is 23.5. The Morgan fingerprint density at radius 3 is 1.61 bits per heavy atom. The summed E-state index contributed by atoms with van der Waals surface area (Å²) in [5, 5.41) is 7.29. The average Bonchev–Trinajstić information content (AvgIpc) is 2.88. The van der Waals surface area contributed by atoms with E-state index in [9.17, 15) is 9.59 Å². The van der Waals surface area contributed by atoms with Crippen LogP contribution < -0.4 is 10.6 Å². The van der Waals surface area contributed by atoms with Crippen molar-refractivity contribution in [2.45, 2.75) is 160 Å². The first-order valence-corrected chi connectivity index (χ1v) is 17.2. The topological polar surface area (TPSA) is 95.1 Å². The van der Waals surface area contributed by atoms with Crippen LogP contribution in [0.25, 0.3) is 0 Å². The molecule has 5 rings (SSSR count). The van der Waals surface area contributed by atoms with Crippen molar-refractivity contribution in [1.82, 2.24) is 10.6 Å². The van der Waals surface area contributed by atoms with Crippen LogP contribution in [0.2, 0.25) is 0 Å². The molecule has 8 nitrogen and oxygen atoms in total. The number of carbonyl (C=O) groups is 2. The van der Waals surface area contributed by atoms with E-state index in [1.165, 1.54) is 0 Å². The molecule has 0 radical (unpaired) electrons. The van der Waals surface area contributed by atoms with Crippen molar-refractivity contribution in [2.75, 3.05) is 13.2 Å². The zero-order chi connectivity index (χ0) is 31.9. The Hall–Kier alpha value is -1.66. The first-order chi connectivity index (χ1) is 20.5. The van der Waals surface area contributed by atoms with Crippen LogP contribution in [0.5, 0.6) is 0 Å². The van der Waals surface area contributed by atoms with Gasteiger partial charge in [-0.05, 0) is 106 Å². The summed E-state index contributed by atoms with van der Waals surface area (Å²) in [6.07, 6.45) is 8.33. The number of esters is 2. The van der Waals surface area contributed by atoms with Gasteiger partial charge in [-0.25, -0.2) is 4.79 Å². The molecule has 4 atom stereocenters. The van der Waals surface area contributed by atoms with Gasteiger partial charge in [0, 0.05) is 53.8 Å². The fourth-order valence-electron chi connectivity index (χ4n) is 9.30. The van der Waals surface area contributed by atoms with Crippen molar-refractivity contribution in [3.63, 3.8) is 0 Å². The molecule has 0 bridgehead atoms. The smallest absolute Gasteiger partial charge is 0.363 e. The van der Waals surface area contributed by atoms with E-state index >= 15 is 0 Å². The molecule has 3 aliphatic heterocycles. The van der Waals surface area contributed by atoms with Crippen molar-refractivity contribution in [1.29, 1.82) is 0 Å². The molecule has 5 aliphatic rings. The molecule has 0 amide bonds. The molecule has 3 heterocycles. The highest BCUT2D eigenvalue weighted by Crippen LogP contribution is 2.45. The number of hydrogen-bond acceptors (Lipinski definition) is 8. The summed E-state index contributed by atoms with van der Waals surface area (Å²) in [5.74, 6) is 8.09. The largest absolute Gasteiger partial charge is 0.462 e. The zero-order valence-electron chi connectivity index (χ0n) is 28.6. The van der Waals surface area contributed by atoms with E-state index in [0.717, 1.165) is 64.2 Å². The molecule has 0 aromatic rings. The SMILES string of the molecule is CC1(C)CC(OC(=O)C2CCC3CC(C#CC4COC(C(=O)OC5CC(C)(C)NC(C)(C)C5)OC4)CCC3C2)CC(C)(C)N1. The second kappa shape index (κ2) is 12.9. The Morgan fingerprint density at radius 1 is 0.614 bits per heavy atom. The van der Waals surface area contributed by atoms with Crippen LogP contribution in [0.3, 0.4) is 0 Å². The van der Waals surface area contributed by atoms with E-state index < -0.39 is 12.3 Å². The van der Waals surface area contributed by atoms with Crippen LogP contribution >= 0.6 is 0 Å². The van der Waals surface area contributed by atoms with Gasteiger partial charge >= 0.3 is 11.9 Å². The molecule has 0 spiro atoms. The Balaban J connectivity index is 1.03. The van der Waals surface area contributed by atoms with Gasteiger partial charge in [0.2, 0.25) is 0 Å². The van der Waals surface area contributed by atoms with Gasteiger partial charge in [0.05, 0.1) is 25.0 Å². The van der Waals surface area contributed by atoms with Gasteiger partial charge in [-0.1, -0.05) is 11.8 Å². The van der Waals surface area contributed by atoms with Crippen LogP contribution in [0.1, 0.15) is 120 Å². The maximum Gasteiger partial charge on any atom is 0.363 e. The molecule has 4 unspecified atom stereocenters. The molecule has 0 aromatic heterocycles. The predicted molar refractivity (Wildman–Crippen MR) is 169 cm³/mol. The lowest BCUT2D eigenvalue weighted by Crippen LogP contribution is -2.60. The number of hydrogen-bond donors (Lipinski definition) is 2. The number of fused-ring (bicyclic) bond motifs is 1. The highest BCUT2D eigenvalue weighted by Gasteiger charge is 2.43. The predicted octanol–water partition coefficient (Wildman–Crippen LogP) is 5.52. The quantitative estimate of drug-likeness (QED) is 0.316. The third-order valence-electron chi connectivity index (χ3n) is 10.4. The molecule has 2 N–H and O–H groups in total. The minimum Gasteiger partial charge on any atom is -0.462 e. The molecule has 248 valence electrons. The zero-order valence-corrected chi connectivity index (χ0v) is 28.6. The summed E-state index contributed by atoms with van der Waals surface area (Å²) in [4.78, 5) is 26.0. The summed E-state index contributed by atoms with van der Waals surface area (Å²) in [6.45, 7) is 18.1. The van der Waals surface area contributed by atoms with E-state index in [1.54, 1.807) is 0 Å². The van der Waals surface area contributed by atoms with Crippen LogP contribution in [-0.2, 0) is 28.5 Å². The second-order valence-electron chi connectivity index (χ2n) is 17.2. The fraction of sp³-hybridized carbons (Fsp3) is 0.889. The van der Waals surface area contributed by atoms with E-state index in [2.05, 4.69) is 77.9 Å². The van der Waals surface area contributed by atoms with Gasteiger partial charge in [0.15, 0.2) is 0 Å². The maximum absolute atomic E-state index is 13.2. The van der Waals surface area contributed by atoms with E-state index in [4.69, 9.17) is 18.9 Å². The highest BCUT2D eigenvalue weighted by atomic mass is 16.7. The number of ether oxygens (including phenoxy) is 4. The molecular weight excluding hydrogens is 556 g/mol. The van der Waals surface area contributed by atoms with Crippen LogP contribution in [0.4, 0.5) is 0 Å². The minimum absolute atomic E-state index is 0.0135. The number of rotatable bonds is 4.